The molecule has 134 valence electrons. The van der Waals surface area contributed by atoms with Gasteiger partial charge < -0.3 is 0 Å². The van der Waals surface area contributed by atoms with Crippen molar-refractivity contribution >= 4 is 5.71 Å². The second-order valence-corrected chi connectivity index (χ2v) is 10.1. The molecule has 4 aliphatic carbocycles. The lowest BCUT2D eigenvalue weighted by molar-refractivity contribution is -0.0353. The van der Waals surface area contributed by atoms with Gasteiger partial charge in [-0.25, -0.2) is 0 Å². The Balaban J connectivity index is 1.65. The number of allylic oxidation sites excluding steroid dienone is 2. The second-order valence-electron chi connectivity index (χ2n) is 10.1. The largest absolute Gasteiger partial charge is 0.297 e. The van der Waals surface area contributed by atoms with E-state index in [-0.39, 0.29) is 0 Å². The van der Waals surface area contributed by atoms with Gasteiger partial charge >= 0.3 is 0 Å². The van der Waals surface area contributed by atoms with Gasteiger partial charge in [-0.15, -0.1) is 0 Å². The van der Waals surface area contributed by atoms with E-state index >= 15 is 0 Å². The molecule has 0 aromatic rings. The Hall–Kier alpha value is -0.590. The minimum atomic E-state index is 0.522. The molecule has 7 unspecified atom stereocenters. The molecule has 1 nitrogen and oxygen atoms in total. The van der Waals surface area contributed by atoms with E-state index < -0.39 is 0 Å². The number of aliphatic imine (C=N–C) groups is 1. The van der Waals surface area contributed by atoms with Crippen LogP contribution in [0, 0.1) is 40.4 Å². The third kappa shape index (κ3) is 2.22. The number of fused-ring (bicyclic) bond motifs is 5. The second kappa shape index (κ2) is 5.71. The van der Waals surface area contributed by atoms with E-state index in [1.165, 1.54) is 57.1 Å². The average molecular weight is 328 g/mol. The van der Waals surface area contributed by atoms with Crippen LogP contribution in [0.2, 0.25) is 0 Å². The highest BCUT2D eigenvalue weighted by Crippen LogP contribution is 2.66. The molecule has 3 saturated carbocycles. The summed E-state index contributed by atoms with van der Waals surface area (Å²) >= 11 is 0. The Morgan fingerprint density at radius 3 is 2.62 bits per heavy atom. The Kier molecular flexibility index (Phi) is 4.01. The fourth-order valence-electron chi connectivity index (χ4n) is 7.69. The van der Waals surface area contributed by atoms with Crippen molar-refractivity contribution in [2.45, 2.75) is 79.1 Å². The molecule has 0 aromatic heterocycles. The summed E-state index contributed by atoms with van der Waals surface area (Å²) in [5.41, 5.74) is 4.31. The third-order valence-electron chi connectivity index (χ3n) is 9.21. The quantitative estimate of drug-likeness (QED) is 0.396. The number of rotatable bonds is 1. The summed E-state index contributed by atoms with van der Waals surface area (Å²) in [5.74, 6) is 4.50. The zero-order valence-electron chi connectivity index (χ0n) is 16.6. The first kappa shape index (κ1) is 16.9. The van der Waals surface area contributed by atoms with Crippen molar-refractivity contribution in [2.24, 2.45) is 45.4 Å². The predicted octanol–water partition coefficient (Wildman–Crippen LogP) is 6.29. The van der Waals surface area contributed by atoms with Crippen LogP contribution in [0.4, 0.5) is 0 Å². The van der Waals surface area contributed by atoms with Crippen molar-refractivity contribution in [2.75, 3.05) is 7.05 Å². The van der Waals surface area contributed by atoms with Crippen LogP contribution < -0.4 is 0 Å². The topological polar surface area (TPSA) is 12.4 Å². The van der Waals surface area contributed by atoms with Crippen LogP contribution >= 0.6 is 0 Å². The number of nitrogens with zero attached hydrogens (tertiary/aromatic N) is 1. The lowest BCUT2D eigenvalue weighted by Crippen LogP contribution is -2.50. The molecule has 0 saturated heterocycles. The Labute approximate surface area is 149 Å². The summed E-state index contributed by atoms with van der Waals surface area (Å²) in [6.07, 6.45) is 14.1. The van der Waals surface area contributed by atoms with Crippen molar-refractivity contribution in [3.05, 3.63) is 11.6 Å². The molecule has 4 rings (SSSR count). The van der Waals surface area contributed by atoms with Gasteiger partial charge in [0.2, 0.25) is 0 Å². The predicted molar refractivity (Wildman–Crippen MR) is 103 cm³/mol. The van der Waals surface area contributed by atoms with Crippen LogP contribution in [0.15, 0.2) is 16.6 Å². The lowest BCUT2D eigenvalue weighted by atomic mass is 9.47. The van der Waals surface area contributed by atoms with Gasteiger partial charge in [0.05, 0.1) is 0 Å². The van der Waals surface area contributed by atoms with Gasteiger partial charge in [-0.2, -0.15) is 0 Å². The van der Waals surface area contributed by atoms with Crippen molar-refractivity contribution in [1.29, 1.82) is 0 Å². The molecule has 1 heteroatoms. The van der Waals surface area contributed by atoms with Crippen LogP contribution in [0.1, 0.15) is 79.1 Å². The zero-order chi connectivity index (χ0) is 17.1. The van der Waals surface area contributed by atoms with Gasteiger partial charge in [-0.3, -0.25) is 4.99 Å². The fraction of sp³-hybridized carbons (Fsp3) is 0.870. The molecule has 0 heterocycles. The minimum Gasteiger partial charge on any atom is -0.297 e. The molecule has 0 aliphatic heterocycles. The van der Waals surface area contributed by atoms with Gasteiger partial charge in [0.1, 0.15) is 0 Å². The first-order valence-corrected chi connectivity index (χ1v) is 10.5. The van der Waals surface area contributed by atoms with Crippen LogP contribution in [0.5, 0.6) is 0 Å². The summed E-state index contributed by atoms with van der Waals surface area (Å²) in [6.45, 7) is 9.99. The monoisotopic (exact) mass is 327 g/mol. The van der Waals surface area contributed by atoms with E-state index in [9.17, 15) is 0 Å². The van der Waals surface area contributed by atoms with Gasteiger partial charge in [-0.1, -0.05) is 32.4 Å². The maximum atomic E-state index is 4.60. The first-order chi connectivity index (χ1) is 11.4. The maximum Gasteiger partial charge on any atom is 0.0276 e. The highest BCUT2D eigenvalue weighted by Gasteiger charge is 2.58. The van der Waals surface area contributed by atoms with Crippen LogP contribution in [-0.2, 0) is 0 Å². The molecular formula is C23H37N. The zero-order valence-corrected chi connectivity index (χ0v) is 16.6. The van der Waals surface area contributed by atoms with E-state index in [1.54, 1.807) is 0 Å². The third-order valence-corrected chi connectivity index (χ3v) is 9.21. The van der Waals surface area contributed by atoms with E-state index in [0.29, 0.717) is 10.8 Å². The average Bonchev–Trinajstić information content (AvgIpc) is 2.92. The molecule has 0 aromatic carbocycles. The van der Waals surface area contributed by atoms with Gasteiger partial charge in [0.15, 0.2) is 0 Å². The van der Waals surface area contributed by atoms with E-state index in [1.807, 2.05) is 12.6 Å². The molecule has 0 spiro atoms. The van der Waals surface area contributed by atoms with E-state index in [4.69, 9.17) is 0 Å². The SMILES string of the molecule is C/N=C(\C)C1CCC2C3CC=C4CC(C)CCC4(C)C3CCC12C. The fourth-order valence-corrected chi connectivity index (χ4v) is 7.69. The van der Waals surface area contributed by atoms with Crippen LogP contribution in [0.25, 0.3) is 0 Å². The molecule has 3 fully saturated rings. The molecule has 0 N–H and O–H groups in total. The summed E-state index contributed by atoms with van der Waals surface area (Å²) < 4.78 is 0. The molecule has 0 amide bonds. The molecule has 7 atom stereocenters. The molecule has 0 radical (unpaired) electrons. The minimum absolute atomic E-state index is 0.522. The Morgan fingerprint density at radius 1 is 1.08 bits per heavy atom. The lowest BCUT2D eigenvalue weighted by Gasteiger charge is -2.58. The summed E-state index contributed by atoms with van der Waals surface area (Å²) in [4.78, 5) is 4.60. The van der Waals surface area contributed by atoms with Crippen molar-refractivity contribution < 1.29 is 0 Å². The van der Waals surface area contributed by atoms with Crippen molar-refractivity contribution in [1.82, 2.24) is 0 Å². The van der Waals surface area contributed by atoms with Gasteiger partial charge in [0, 0.05) is 18.7 Å². The molecule has 24 heavy (non-hydrogen) atoms. The highest BCUT2D eigenvalue weighted by atomic mass is 14.7. The Morgan fingerprint density at radius 2 is 1.88 bits per heavy atom. The van der Waals surface area contributed by atoms with E-state index in [0.717, 1.165) is 29.6 Å². The standard InChI is InChI=1S/C23H37N/c1-15-10-12-22(3)17(14-15)6-7-18-20-9-8-19(16(2)24-5)23(20,4)13-11-21(18)22/h6,15,18-21H,7-14H2,1-5H3/b24-16+. The normalized spacial score (nSPS) is 51.5. The first-order valence-electron chi connectivity index (χ1n) is 10.5. The Bertz CT molecular complexity index is 573. The van der Waals surface area contributed by atoms with Crippen molar-refractivity contribution in [3.63, 3.8) is 0 Å². The smallest absolute Gasteiger partial charge is 0.0276 e. The summed E-state index contributed by atoms with van der Waals surface area (Å²) in [7, 11) is 2.00. The van der Waals surface area contributed by atoms with Gasteiger partial charge in [-0.05, 0) is 92.8 Å². The highest BCUT2D eigenvalue weighted by molar-refractivity contribution is 5.85. The van der Waals surface area contributed by atoms with Gasteiger partial charge in [0.25, 0.3) is 0 Å². The van der Waals surface area contributed by atoms with Crippen LogP contribution in [-0.4, -0.2) is 12.8 Å². The summed E-state index contributed by atoms with van der Waals surface area (Å²) in [6, 6.07) is 0. The van der Waals surface area contributed by atoms with Crippen LogP contribution in [0.3, 0.4) is 0 Å². The van der Waals surface area contributed by atoms with E-state index in [2.05, 4.69) is 38.8 Å². The number of hydrogen-bond donors (Lipinski definition) is 0. The molecule has 0 bridgehead atoms. The maximum absolute atomic E-state index is 4.60. The number of hydrogen-bond acceptors (Lipinski definition) is 1. The van der Waals surface area contributed by atoms with Crippen molar-refractivity contribution in [3.8, 4) is 0 Å². The molecule has 4 aliphatic rings. The molecular weight excluding hydrogens is 290 g/mol. The summed E-state index contributed by atoms with van der Waals surface area (Å²) in [5, 5.41) is 0.